The van der Waals surface area contributed by atoms with Crippen LogP contribution in [-0.2, 0) is 22.8 Å². The average molecular weight is 743 g/mol. The van der Waals surface area contributed by atoms with Crippen molar-refractivity contribution < 1.29 is 28.6 Å². The number of hydrogen-bond acceptors (Lipinski definition) is 6. The molecule has 1 aliphatic heterocycles. The largest absolute Gasteiger partial charge is 0.493 e. The Balaban J connectivity index is 1.34. The van der Waals surface area contributed by atoms with E-state index < -0.39 is 17.8 Å². The zero-order valence-electron chi connectivity index (χ0n) is 23.5. The number of imide groups is 2. The van der Waals surface area contributed by atoms with Crippen molar-refractivity contribution in [3.8, 4) is 17.2 Å². The number of benzene rings is 4. The summed E-state index contributed by atoms with van der Waals surface area (Å²) in [7, 11) is 1.51. The fraction of sp³-hybridized carbons (Fsp3) is 0.121. The van der Waals surface area contributed by atoms with Crippen molar-refractivity contribution >= 4 is 75.4 Å². The van der Waals surface area contributed by atoms with Gasteiger partial charge in [0.25, 0.3) is 11.8 Å². The van der Waals surface area contributed by atoms with E-state index in [2.05, 4.69) is 27.9 Å². The Bertz CT molecular complexity index is 1790. The quantitative estimate of drug-likeness (QED) is 0.107. The lowest BCUT2D eigenvalue weighted by Crippen LogP contribution is -2.54. The first-order chi connectivity index (χ1) is 21.1. The minimum atomic E-state index is -0.856. The number of urea groups is 1. The first-order valence-electron chi connectivity index (χ1n) is 13.3. The summed E-state index contributed by atoms with van der Waals surface area (Å²) >= 11 is 14.3. The molecule has 0 unspecified atom stereocenters. The molecule has 1 aliphatic rings. The maximum Gasteiger partial charge on any atom is 0.335 e. The van der Waals surface area contributed by atoms with Gasteiger partial charge >= 0.3 is 6.03 Å². The van der Waals surface area contributed by atoms with Crippen LogP contribution in [0, 0.1) is 10.5 Å². The summed E-state index contributed by atoms with van der Waals surface area (Å²) in [6.07, 6.45) is 1.42. The minimum absolute atomic E-state index is 0.192. The molecule has 1 heterocycles. The van der Waals surface area contributed by atoms with Crippen molar-refractivity contribution in [2.45, 2.75) is 20.1 Å². The molecule has 8 nitrogen and oxygen atoms in total. The Morgan fingerprint density at radius 3 is 2.39 bits per heavy atom. The molecule has 0 aromatic heterocycles. The van der Waals surface area contributed by atoms with Crippen LogP contribution in [0.1, 0.15) is 22.3 Å². The molecule has 0 radical (unpaired) electrons. The normalized spacial score (nSPS) is 14.1. The smallest absolute Gasteiger partial charge is 0.335 e. The lowest BCUT2D eigenvalue weighted by molar-refractivity contribution is -0.122. The molecule has 11 heteroatoms. The number of carbonyl (C=O) groups excluding carboxylic acids is 3. The van der Waals surface area contributed by atoms with Gasteiger partial charge in [0.2, 0.25) is 0 Å². The fourth-order valence-electron chi connectivity index (χ4n) is 4.47. The van der Waals surface area contributed by atoms with Gasteiger partial charge in [-0.05, 0) is 95.2 Å². The Kier molecular flexibility index (Phi) is 9.77. The van der Waals surface area contributed by atoms with E-state index in [1.54, 1.807) is 54.6 Å². The van der Waals surface area contributed by atoms with E-state index in [4.69, 9.17) is 37.4 Å². The lowest BCUT2D eigenvalue weighted by Gasteiger charge is -2.26. The highest BCUT2D eigenvalue weighted by atomic mass is 127. The zero-order chi connectivity index (χ0) is 31.4. The monoisotopic (exact) mass is 742 g/mol. The third-order valence-corrected chi connectivity index (χ3v) is 8.02. The number of methoxy groups -OCH3 is 1. The number of nitrogens with zero attached hydrogens (tertiary/aromatic N) is 1. The van der Waals surface area contributed by atoms with Gasteiger partial charge in [0.15, 0.2) is 11.5 Å². The number of ether oxygens (including phenoxy) is 3. The summed E-state index contributed by atoms with van der Waals surface area (Å²) < 4.78 is 18.1. The first-order valence-corrected chi connectivity index (χ1v) is 15.1. The molecule has 0 bridgehead atoms. The Hall–Kier alpha value is -4.06. The predicted molar refractivity (Wildman–Crippen MR) is 177 cm³/mol. The molecular formula is C33H25Cl2IN2O6. The Labute approximate surface area is 277 Å². The molecule has 44 heavy (non-hydrogen) atoms. The summed E-state index contributed by atoms with van der Waals surface area (Å²) in [4.78, 5) is 39.9. The molecule has 4 aromatic carbocycles. The summed E-state index contributed by atoms with van der Waals surface area (Å²) in [6, 6.07) is 22.0. The molecule has 1 N–H and O–H groups in total. The van der Waals surface area contributed by atoms with Crippen LogP contribution in [0.5, 0.6) is 17.2 Å². The van der Waals surface area contributed by atoms with E-state index in [1.165, 1.54) is 13.2 Å². The number of barbiturate groups is 1. The van der Waals surface area contributed by atoms with Crippen LogP contribution in [-0.4, -0.2) is 25.0 Å². The van der Waals surface area contributed by atoms with E-state index in [0.717, 1.165) is 21.6 Å². The number of amides is 4. The number of rotatable bonds is 9. The highest BCUT2D eigenvalue weighted by molar-refractivity contribution is 14.1. The van der Waals surface area contributed by atoms with Crippen LogP contribution in [0.25, 0.3) is 6.08 Å². The molecule has 5 rings (SSSR count). The number of nitrogens with one attached hydrogen (secondary N) is 1. The van der Waals surface area contributed by atoms with E-state index in [0.29, 0.717) is 43.0 Å². The van der Waals surface area contributed by atoms with Crippen LogP contribution < -0.4 is 24.4 Å². The summed E-state index contributed by atoms with van der Waals surface area (Å²) in [6.45, 7) is 2.54. The van der Waals surface area contributed by atoms with Crippen LogP contribution in [0.15, 0.2) is 84.4 Å². The van der Waals surface area contributed by atoms with Gasteiger partial charge in [-0.3, -0.25) is 14.9 Å². The van der Waals surface area contributed by atoms with Gasteiger partial charge in [0.1, 0.15) is 24.5 Å². The molecule has 0 aliphatic carbocycles. The van der Waals surface area contributed by atoms with E-state index in [1.807, 2.05) is 31.2 Å². The highest BCUT2D eigenvalue weighted by Crippen LogP contribution is 2.36. The number of carbonyl (C=O) groups is 3. The summed E-state index contributed by atoms with van der Waals surface area (Å²) in [5.74, 6) is -0.112. The van der Waals surface area contributed by atoms with Crippen LogP contribution in [0.2, 0.25) is 10.0 Å². The Morgan fingerprint density at radius 2 is 1.68 bits per heavy atom. The third-order valence-electron chi connectivity index (χ3n) is 6.63. The van der Waals surface area contributed by atoms with Crippen molar-refractivity contribution in [1.29, 1.82) is 0 Å². The van der Waals surface area contributed by atoms with Gasteiger partial charge in [0.05, 0.1) is 16.4 Å². The molecule has 224 valence electrons. The second-order valence-corrected chi connectivity index (χ2v) is 11.8. The van der Waals surface area contributed by atoms with Gasteiger partial charge in [-0.1, -0.05) is 59.1 Å². The van der Waals surface area contributed by atoms with E-state index >= 15 is 0 Å². The minimum Gasteiger partial charge on any atom is -0.493 e. The summed E-state index contributed by atoms with van der Waals surface area (Å²) in [5, 5.41) is 3.24. The molecular weight excluding hydrogens is 718 g/mol. The van der Waals surface area contributed by atoms with Gasteiger partial charge < -0.3 is 14.2 Å². The fourth-order valence-corrected chi connectivity index (χ4v) is 5.71. The maximum absolute atomic E-state index is 13.5. The third kappa shape index (κ3) is 7.18. The van der Waals surface area contributed by atoms with Crippen LogP contribution >= 0.6 is 45.8 Å². The van der Waals surface area contributed by atoms with Gasteiger partial charge in [-0.2, -0.15) is 0 Å². The van der Waals surface area contributed by atoms with Gasteiger partial charge in [-0.25, -0.2) is 9.69 Å². The molecule has 0 atom stereocenters. The molecule has 1 fully saturated rings. The summed E-state index contributed by atoms with van der Waals surface area (Å²) in [5.41, 5.74) is 3.45. The predicted octanol–water partition coefficient (Wildman–Crippen LogP) is 7.74. The number of halogens is 3. The van der Waals surface area contributed by atoms with Crippen molar-refractivity contribution in [2.75, 3.05) is 12.0 Å². The second kappa shape index (κ2) is 13.7. The van der Waals surface area contributed by atoms with Crippen LogP contribution in [0.4, 0.5) is 10.5 Å². The topological polar surface area (TPSA) is 94.2 Å². The molecule has 1 saturated heterocycles. The maximum atomic E-state index is 13.5. The second-order valence-electron chi connectivity index (χ2n) is 9.79. The zero-order valence-corrected chi connectivity index (χ0v) is 27.2. The van der Waals surface area contributed by atoms with E-state index in [-0.39, 0.29) is 17.9 Å². The van der Waals surface area contributed by atoms with Gasteiger partial charge in [0, 0.05) is 15.6 Å². The first kappa shape index (κ1) is 31.4. The number of hydrogen-bond donors (Lipinski definition) is 1. The van der Waals surface area contributed by atoms with Crippen molar-refractivity contribution in [3.63, 3.8) is 0 Å². The number of aryl methyl sites for hydroxylation is 1. The molecule has 0 saturated carbocycles. The number of anilines is 1. The van der Waals surface area contributed by atoms with Gasteiger partial charge in [-0.15, -0.1) is 0 Å². The lowest BCUT2D eigenvalue weighted by atomic mass is 10.1. The van der Waals surface area contributed by atoms with Crippen LogP contribution in [0.3, 0.4) is 0 Å². The van der Waals surface area contributed by atoms with Crippen molar-refractivity contribution in [3.05, 3.63) is 120 Å². The molecule has 4 aromatic rings. The molecule has 0 spiro atoms. The Morgan fingerprint density at radius 1 is 0.909 bits per heavy atom. The van der Waals surface area contributed by atoms with Crippen molar-refractivity contribution in [1.82, 2.24) is 5.32 Å². The SMILES string of the molecule is COc1cc(/C=C2\C(=O)NC(=O)N(c3ccc(OCc4ccc(Cl)cc4Cl)cc3)C2=O)cc(I)c1OCc1cccc(C)c1. The standard InChI is InChI=1S/C33H25Cl2IN2O6/c1-19-4-3-5-20(12-19)17-44-30-28(36)14-21(15-29(30)42-2)13-26-31(39)37-33(41)38(32(26)40)24-8-10-25(11-9-24)43-18-22-6-7-23(34)16-27(22)35/h3-16H,17-18H2,1-2H3,(H,37,39,41)/b26-13+. The molecule has 4 amide bonds. The highest BCUT2D eigenvalue weighted by Gasteiger charge is 2.37. The van der Waals surface area contributed by atoms with Crippen molar-refractivity contribution in [2.24, 2.45) is 0 Å². The average Bonchev–Trinajstić information content (AvgIpc) is 2.98. The van der Waals surface area contributed by atoms with E-state index in [9.17, 15) is 14.4 Å².